The molecule has 2 aromatic carbocycles. The van der Waals surface area contributed by atoms with Crippen molar-refractivity contribution in [2.45, 2.75) is 12.5 Å². The molecule has 0 aliphatic carbocycles. The molecule has 0 bridgehead atoms. The molecule has 1 aromatic heterocycles. The van der Waals surface area contributed by atoms with Gasteiger partial charge in [-0.15, -0.1) is 0 Å². The number of hydrogen-bond acceptors (Lipinski definition) is 6. The molecule has 172 valence electrons. The van der Waals surface area contributed by atoms with E-state index in [1.807, 2.05) is 18.2 Å². The lowest BCUT2D eigenvalue weighted by Gasteiger charge is -2.37. The highest BCUT2D eigenvalue weighted by Gasteiger charge is 2.24. The quantitative estimate of drug-likeness (QED) is 0.531. The maximum absolute atomic E-state index is 13.2. The minimum atomic E-state index is -0.332. The predicted octanol–water partition coefficient (Wildman–Crippen LogP) is 3.58. The number of aldehydes is 1. The Morgan fingerprint density at radius 1 is 1.09 bits per heavy atom. The summed E-state index contributed by atoms with van der Waals surface area (Å²) in [4.78, 5) is 20.7. The molecule has 1 saturated heterocycles. The van der Waals surface area contributed by atoms with Crippen molar-refractivity contribution in [2.75, 3.05) is 45.6 Å². The topological polar surface area (TPSA) is 71.7 Å². The number of methoxy groups -OCH3 is 1. The van der Waals surface area contributed by atoms with Crippen molar-refractivity contribution in [1.82, 2.24) is 14.8 Å². The van der Waals surface area contributed by atoms with Crippen LogP contribution in [-0.2, 0) is 11.2 Å². The van der Waals surface area contributed by atoms with Crippen LogP contribution in [0.25, 0.3) is 11.3 Å². The molecule has 0 amide bonds. The lowest BCUT2D eigenvalue weighted by Crippen LogP contribution is -2.48. The Morgan fingerprint density at radius 2 is 1.85 bits per heavy atom. The number of carbonyl (C=O) groups excluding carboxylic acids is 1. The normalized spacial score (nSPS) is 15.8. The summed E-state index contributed by atoms with van der Waals surface area (Å²) >= 11 is 0. The molecule has 1 fully saturated rings. The van der Waals surface area contributed by atoms with Crippen LogP contribution < -0.4 is 10.5 Å². The summed E-state index contributed by atoms with van der Waals surface area (Å²) in [5, 5.41) is 0. The SMILES string of the molecule is COc1cc(-c2cccc(N)n2)ccc1CCN1CCN(C(C=O)c2ccc(F)cc2)CC1. The molecule has 2 heterocycles. The molecule has 1 aliphatic heterocycles. The summed E-state index contributed by atoms with van der Waals surface area (Å²) in [7, 11) is 1.68. The van der Waals surface area contributed by atoms with E-state index in [4.69, 9.17) is 10.5 Å². The van der Waals surface area contributed by atoms with Gasteiger partial charge in [0.2, 0.25) is 0 Å². The van der Waals surface area contributed by atoms with Crippen LogP contribution in [0.2, 0.25) is 0 Å². The Kier molecular flexibility index (Phi) is 7.32. The molecule has 1 atom stereocenters. The zero-order valence-electron chi connectivity index (χ0n) is 18.8. The molecule has 6 nitrogen and oxygen atoms in total. The van der Waals surface area contributed by atoms with Crippen LogP contribution in [-0.4, -0.2) is 60.9 Å². The van der Waals surface area contributed by atoms with Crippen LogP contribution in [0.3, 0.4) is 0 Å². The van der Waals surface area contributed by atoms with Crippen molar-refractivity contribution in [3.63, 3.8) is 0 Å². The van der Waals surface area contributed by atoms with Gasteiger partial charge in [0.25, 0.3) is 0 Å². The summed E-state index contributed by atoms with van der Waals surface area (Å²) < 4.78 is 18.9. The Hall–Kier alpha value is -3.29. The van der Waals surface area contributed by atoms with Crippen LogP contribution in [0.15, 0.2) is 60.7 Å². The highest BCUT2D eigenvalue weighted by Crippen LogP contribution is 2.27. The van der Waals surface area contributed by atoms with Crippen LogP contribution in [0.5, 0.6) is 5.75 Å². The fraction of sp³-hybridized carbons (Fsp3) is 0.308. The second-order valence-corrected chi connectivity index (χ2v) is 8.23. The number of rotatable bonds is 8. The molecular formula is C26H29FN4O2. The molecule has 0 saturated carbocycles. The molecular weight excluding hydrogens is 419 g/mol. The minimum absolute atomic E-state index is 0.291. The zero-order chi connectivity index (χ0) is 23.2. The van der Waals surface area contributed by atoms with Crippen molar-refractivity contribution in [3.8, 4) is 17.0 Å². The number of nitrogen functional groups attached to an aromatic ring is 1. The van der Waals surface area contributed by atoms with E-state index in [0.717, 1.165) is 73.6 Å². The molecule has 7 heteroatoms. The van der Waals surface area contributed by atoms with E-state index in [0.29, 0.717) is 5.82 Å². The van der Waals surface area contributed by atoms with Gasteiger partial charge in [-0.05, 0) is 47.9 Å². The van der Waals surface area contributed by atoms with Gasteiger partial charge < -0.3 is 20.2 Å². The molecule has 4 rings (SSSR count). The highest BCUT2D eigenvalue weighted by atomic mass is 19.1. The maximum atomic E-state index is 13.2. The van der Waals surface area contributed by atoms with Crippen molar-refractivity contribution in [1.29, 1.82) is 0 Å². The number of aromatic nitrogens is 1. The minimum Gasteiger partial charge on any atom is -0.496 e. The van der Waals surface area contributed by atoms with Crippen molar-refractivity contribution in [2.24, 2.45) is 0 Å². The van der Waals surface area contributed by atoms with Gasteiger partial charge in [0.15, 0.2) is 0 Å². The lowest BCUT2D eigenvalue weighted by atomic mass is 10.0. The molecule has 1 aliphatic rings. The van der Waals surface area contributed by atoms with Crippen molar-refractivity contribution >= 4 is 12.1 Å². The molecule has 1 unspecified atom stereocenters. The Labute approximate surface area is 193 Å². The van der Waals surface area contributed by atoms with Gasteiger partial charge in [-0.1, -0.05) is 30.3 Å². The van der Waals surface area contributed by atoms with Gasteiger partial charge in [0.05, 0.1) is 18.8 Å². The van der Waals surface area contributed by atoms with Gasteiger partial charge in [-0.25, -0.2) is 9.37 Å². The standard InChI is InChI=1S/C26H29FN4O2/c1-33-25-17-21(23-3-2-4-26(28)29-23)6-5-20(25)11-12-30-13-15-31(16-14-30)24(18-32)19-7-9-22(27)10-8-19/h2-10,17-18,24H,11-16H2,1H3,(H2,28,29). The van der Waals surface area contributed by atoms with Gasteiger partial charge in [-0.3, -0.25) is 4.90 Å². The third kappa shape index (κ3) is 5.56. The number of nitrogens with zero attached hydrogens (tertiary/aromatic N) is 3. The van der Waals surface area contributed by atoms with E-state index < -0.39 is 0 Å². The zero-order valence-corrected chi connectivity index (χ0v) is 18.8. The van der Waals surface area contributed by atoms with Gasteiger partial charge in [0, 0.05) is 38.3 Å². The van der Waals surface area contributed by atoms with Crippen molar-refractivity contribution < 1.29 is 13.9 Å². The average molecular weight is 449 g/mol. The Morgan fingerprint density at radius 3 is 2.52 bits per heavy atom. The van der Waals surface area contributed by atoms with E-state index in [2.05, 4.69) is 26.9 Å². The number of nitrogens with two attached hydrogens (primary N) is 1. The first-order valence-corrected chi connectivity index (χ1v) is 11.1. The number of piperazine rings is 1. The first-order valence-electron chi connectivity index (χ1n) is 11.1. The predicted molar refractivity (Wildman–Crippen MR) is 128 cm³/mol. The van der Waals surface area contributed by atoms with E-state index in [1.54, 1.807) is 25.3 Å². The summed E-state index contributed by atoms with van der Waals surface area (Å²) in [6, 6.07) is 17.6. The number of pyridine rings is 1. The summed E-state index contributed by atoms with van der Waals surface area (Å²) in [5.41, 5.74) is 9.58. The van der Waals surface area contributed by atoms with Crippen LogP contribution in [0, 0.1) is 5.82 Å². The number of anilines is 1. The number of ether oxygens (including phenoxy) is 1. The molecule has 0 radical (unpaired) electrons. The molecule has 2 N–H and O–H groups in total. The van der Waals surface area contributed by atoms with Gasteiger partial charge in [-0.2, -0.15) is 0 Å². The van der Waals surface area contributed by atoms with E-state index in [9.17, 15) is 9.18 Å². The van der Waals surface area contributed by atoms with E-state index in [-0.39, 0.29) is 11.9 Å². The largest absolute Gasteiger partial charge is 0.496 e. The monoisotopic (exact) mass is 448 g/mol. The fourth-order valence-corrected chi connectivity index (χ4v) is 4.30. The lowest BCUT2D eigenvalue weighted by molar-refractivity contribution is -0.113. The van der Waals surface area contributed by atoms with Crippen LogP contribution >= 0.6 is 0 Å². The van der Waals surface area contributed by atoms with Crippen LogP contribution in [0.4, 0.5) is 10.2 Å². The first-order chi connectivity index (χ1) is 16.1. The summed E-state index contributed by atoms with van der Waals surface area (Å²) in [5.74, 6) is 1.04. The Bertz CT molecular complexity index is 1080. The number of carbonyl (C=O) groups is 1. The second-order valence-electron chi connectivity index (χ2n) is 8.23. The molecule has 0 spiro atoms. The van der Waals surface area contributed by atoms with Gasteiger partial charge >= 0.3 is 0 Å². The molecule has 33 heavy (non-hydrogen) atoms. The maximum Gasteiger partial charge on any atom is 0.141 e. The number of benzene rings is 2. The smallest absolute Gasteiger partial charge is 0.141 e. The molecule has 3 aromatic rings. The summed E-state index contributed by atoms with van der Waals surface area (Å²) in [6.45, 7) is 4.23. The fourth-order valence-electron chi connectivity index (χ4n) is 4.30. The van der Waals surface area contributed by atoms with Crippen LogP contribution in [0.1, 0.15) is 17.2 Å². The van der Waals surface area contributed by atoms with E-state index >= 15 is 0 Å². The average Bonchev–Trinajstić information content (AvgIpc) is 2.85. The second kappa shape index (κ2) is 10.6. The van der Waals surface area contributed by atoms with Crippen molar-refractivity contribution in [3.05, 3.63) is 77.6 Å². The Balaban J connectivity index is 1.34. The highest BCUT2D eigenvalue weighted by molar-refractivity contribution is 5.64. The number of halogens is 1. The third-order valence-electron chi connectivity index (χ3n) is 6.19. The third-order valence-corrected chi connectivity index (χ3v) is 6.19. The van der Waals surface area contributed by atoms with Gasteiger partial charge in [0.1, 0.15) is 23.7 Å². The van der Waals surface area contributed by atoms with E-state index in [1.165, 1.54) is 12.1 Å². The summed E-state index contributed by atoms with van der Waals surface area (Å²) in [6.07, 6.45) is 1.81. The first kappa shape index (κ1) is 22.9. The number of hydrogen-bond donors (Lipinski definition) is 1.